The molecule has 1 amide bonds. The molecule has 24 heavy (non-hydrogen) atoms. The predicted molar refractivity (Wildman–Crippen MR) is 96.1 cm³/mol. The minimum Gasteiger partial charge on any atom is -0.352 e. The smallest absolute Gasteiger partial charge is 0.254 e. The van der Waals surface area contributed by atoms with Crippen molar-refractivity contribution in [2.75, 3.05) is 6.54 Å². The maximum Gasteiger partial charge on any atom is 0.254 e. The largest absolute Gasteiger partial charge is 0.352 e. The third kappa shape index (κ3) is 4.16. The fraction of sp³-hybridized carbons (Fsp3) is 0.111. The van der Waals surface area contributed by atoms with Crippen molar-refractivity contribution in [1.82, 2.24) is 15.1 Å². The standard InChI is InChI=1S/C18H15Cl2N3O/c19-15-8-13(9-16(20)10-15)6-7-21-18(24)14-11-22-23(12-14)17-4-2-1-3-5-17/h1-5,8-12H,6-7H2,(H,21,24). The number of nitrogens with zero attached hydrogens (tertiary/aromatic N) is 2. The quantitative estimate of drug-likeness (QED) is 0.743. The number of halogens is 2. The first-order valence-electron chi connectivity index (χ1n) is 7.45. The summed E-state index contributed by atoms with van der Waals surface area (Å²) in [5.41, 5.74) is 2.40. The van der Waals surface area contributed by atoms with Gasteiger partial charge in [-0.25, -0.2) is 4.68 Å². The van der Waals surface area contributed by atoms with E-state index < -0.39 is 0 Å². The highest BCUT2D eigenvalue weighted by atomic mass is 35.5. The molecule has 0 aliphatic heterocycles. The zero-order valence-electron chi connectivity index (χ0n) is 12.7. The van der Waals surface area contributed by atoms with Crippen LogP contribution in [0, 0.1) is 0 Å². The number of aromatic nitrogens is 2. The van der Waals surface area contributed by atoms with Gasteiger partial charge in [0.15, 0.2) is 0 Å². The lowest BCUT2D eigenvalue weighted by Gasteiger charge is -2.05. The summed E-state index contributed by atoms with van der Waals surface area (Å²) in [5.74, 6) is -0.162. The molecule has 1 N–H and O–H groups in total. The number of hydrogen-bond donors (Lipinski definition) is 1. The number of benzene rings is 2. The zero-order valence-corrected chi connectivity index (χ0v) is 14.3. The van der Waals surface area contributed by atoms with E-state index in [4.69, 9.17) is 23.2 Å². The molecule has 2 aromatic carbocycles. The van der Waals surface area contributed by atoms with Gasteiger partial charge >= 0.3 is 0 Å². The number of rotatable bonds is 5. The Hall–Kier alpha value is -2.30. The van der Waals surface area contributed by atoms with Crippen LogP contribution in [0.5, 0.6) is 0 Å². The Morgan fingerprint density at radius 1 is 1.08 bits per heavy atom. The molecule has 0 saturated carbocycles. The Morgan fingerprint density at radius 3 is 2.50 bits per heavy atom. The van der Waals surface area contributed by atoms with E-state index in [9.17, 15) is 4.79 Å². The molecule has 1 aromatic heterocycles. The average molecular weight is 360 g/mol. The minimum atomic E-state index is -0.162. The molecule has 6 heteroatoms. The molecule has 0 spiro atoms. The second-order valence-corrected chi connectivity index (χ2v) is 6.17. The lowest BCUT2D eigenvalue weighted by molar-refractivity contribution is 0.0954. The van der Waals surface area contributed by atoms with Gasteiger partial charge in [0.05, 0.1) is 17.4 Å². The maximum absolute atomic E-state index is 12.2. The van der Waals surface area contributed by atoms with Crippen molar-refractivity contribution in [1.29, 1.82) is 0 Å². The van der Waals surface area contributed by atoms with Crippen LogP contribution in [0.1, 0.15) is 15.9 Å². The van der Waals surface area contributed by atoms with Crippen molar-refractivity contribution >= 4 is 29.1 Å². The summed E-state index contributed by atoms with van der Waals surface area (Å²) in [6.45, 7) is 0.492. The van der Waals surface area contributed by atoms with Crippen LogP contribution in [0.15, 0.2) is 60.9 Å². The first-order valence-corrected chi connectivity index (χ1v) is 8.21. The number of para-hydroxylation sites is 1. The molecule has 122 valence electrons. The molecule has 4 nitrogen and oxygen atoms in total. The molecular formula is C18H15Cl2N3O. The number of nitrogens with one attached hydrogen (secondary N) is 1. The van der Waals surface area contributed by atoms with Gasteiger partial charge in [-0.15, -0.1) is 0 Å². The zero-order chi connectivity index (χ0) is 16.9. The van der Waals surface area contributed by atoms with Gasteiger partial charge in [-0.05, 0) is 42.3 Å². The first-order chi connectivity index (χ1) is 11.6. The Labute approximate surface area is 150 Å². The highest BCUT2D eigenvalue weighted by Crippen LogP contribution is 2.19. The topological polar surface area (TPSA) is 46.9 Å². The molecule has 0 bridgehead atoms. The third-order valence-electron chi connectivity index (χ3n) is 3.49. The second-order valence-electron chi connectivity index (χ2n) is 5.29. The summed E-state index contributed by atoms with van der Waals surface area (Å²) in [5, 5.41) is 8.27. The molecule has 0 unspecified atom stereocenters. The molecule has 0 aliphatic carbocycles. The molecule has 0 aliphatic rings. The summed E-state index contributed by atoms with van der Waals surface area (Å²) in [4.78, 5) is 12.2. The molecule has 0 saturated heterocycles. The number of carbonyl (C=O) groups is 1. The van der Waals surface area contributed by atoms with Crippen LogP contribution in [0.3, 0.4) is 0 Å². The SMILES string of the molecule is O=C(NCCc1cc(Cl)cc(Cl)c1)c1cnn(-c2ccccc2)c1. The van der Waals surface area contributed by atoms with E-state index in [0.29, 0.717) is 28.6 Å². The van der Waals surface area contributed by atoms with Crippen LogP contribution in [-0.4, -0.2) is 22.2 Å². The van der Waals surface area contributed by atoms with Gasteiger partial charge in [-0.3, -0.25) is 4.79 Å². The van der Waals surface area contributed by atoms with Gasteiger partial charge in [0.2, 0.25) is 0 Å². The van der Waals surface area contributed by atoms with Crippen LogP contribution in [-0.2, 0) is 6.42 Å². The predicted octanol–water partition coefficient (Wildman–Crippen LogP) is 4.15. The van der Waals surface area contributed by atoms with Crippen molar-refractivity contribution in [2.24, 2.45) is 0 Å². The van der Waals surface area contributed by atoms with E-state index in [-0.39, 0.29) is 5.91 Å². The lowest BCUT2D eigenvalue weighted by atomic mass is 10.1. The molecule has 0 radical (unpaired) electrons. The van der Waals surface area contributed by atoms with Crippen molar-refractivity contribution in [2.45, 2.75) is 6.42 Å². The van der Waals surface area contributed by atoms with Crippen molar-refractivity contribution in [3.8, 4) is 5.69 Å². The Bertz CT molecular complexity index is 826. The average Bonchev–Trinajstić information content (AvgIpc) is 3.05. The Morgan fingerprint density at radius 2 is 1.79 bits per heavy atom. The number of amides is 1. The second kappa shape index (κ2) is 7.51. The van der Waals surface area contributed by atoms with Crippen molar-refractivity contribution in [3.05, 3.63) is 82.1 Å². The fourth-order valence-electron chi connectivity index (χ4n) is 2.34. The molecule has 0 fully saturated rings. The third-order valence-corrected chi connectivity index (χ3v) is 3.92. The van der Waals surface area contributed by atoms with Crippen LogP contribution in [0.4, 0.5) is 0 Å². The van der Waals surface area contributed by atoms with E-state index in [0.717, 1.165) is 11.3 Å². The Kier molecular flexibility index (Phi) is 5.18. The monoisotopic (exact) mass is 359 g/mol. The molecule has 0 atom stereocenters. The molecule has 1 heterocycles. The van der Waals surface area contributed by atoms with Crippen LogP contribution in [0.2, 0.25) is 10.0 Å². The maximum atomic E-state index is 12.2. The van der Waals surface area contributed by atoms with Crippen LogP contribution >= 0.6 is 23.2 Å². The van der Waals surface area contributed by atoms with E-state index in [1.54, 1.807) is 23.1 Å². The van der Waals surface area contributed by atoms with E-state index in [1.165, 1.54) is 0 Å². The van der Waals surface area contributed by atoms with Gasteiger partial charge < -0.3 is 5.32 Å². The van der Waals surface area contributed by atoms with E-state index in [1.807, 2.05) is 42.5 Å². The molecular weight excluding hydrogens is 345 g/mol. The lowest BCUT2D eigenvalue weighted by Crippen LogP contribution is -2.25. The summed E-state index contributed by atoms with van der Waals surface area (Å²) in [7, 11) is 0. The summed E-state index contributed by atoms with van der Waals surface area (Å²) >= 11 is 11.9. The summed E-state index contributed by atoms with van der Waals surface area (Å²) in [6.07, 6.45) is 3.92. The van der Waals surface area contributed by atoms with Crippen molar-refractivity contribution in [3.63, 3.8) is 0 Å². The number of hydrogen-bond acceptors (Lipinski definition) is 2. The summed E-state index contributed by atoms with van der Waals surface area (Å²) in [6, 6.07) is 15.0. The van der Waals surface area contributed by atoms with Crippen LogP contribution < -0.4 is 5.32 Å². The van der Waals surface area contributed by atoms with E-state index >= 15 is 0 Å². The van der Waals surface area contributed by atoms with Gasteiger partial charge in [0.25, 0.3) is 5.91 Å². The van der Waals surface area contributed by atoms with Gasteiger partial charge in [0, 0.05) is 22.8 Å². The van der Waals surface area contributed by atoms with Gasteiger partial charge in [-0.2, -0.15) is 5.10 Å². The fourth-order valence-corrected chi connectivity index (χ4v) is 2.91. The van der Waals surface area contributed by atoms with E-state index in [2.05, 4.69) is 10.4 Å². The minimum absolute atomic E-state index is 0.162. The highest BCUT2D eigenvalue weighted by Gasteiger charge is 2.09. The highest BCUT2D eigenvalue weighted by molar-refractivity contribution is 6.34. The summed E-state index contributed by atoms with van der Waals surface area (Å²) < 4.78 is 1.67. The Balaban J connectivity index is 1.58. The normalized spacial score (nSPS) is 10.6. The molecule has 3 rings (SSSR count). The first kappa shape index (κ1) is 16.6. The van der Waals surface area contributed by atoms with Gasteiger partial charge in [0.1, 0.15) is 0 Å². The van der Waals surface area contributed by atoms with Crippen LogP contribution in [0.25, 0.3) is 5.69 Å². The molecule has 3 aromatic rings. The van der Waals surface area contributed by atoms with Crippen molar-refractivity contribution < 1.29 is 4.79 Å². The number of carbonyl (C=O) groups excluding carboxylic acids is 1. The van der Waals surface area contributed by atoms with Gasteiger partial charge in [-0.1, -0.05) is 41.4 Å².